The lowest BCUT2D eigenvalue weighted by molar-refractivity contribution is -0.146. The molecule has 0 bridgehead atoms. The van der Waals surface area contributed by atoms with Crippen LogP contribution in [0, 0.1) is 17.8 Å². The molecular weight excluding hydrogens is 348 g/mol. The number of fused-ring (bicyclic) bond motifs is 1. The van der Waals surface area contributed by atoms with Gasteiger partial charge in [-0.1, -0.05) is 18.9 Å². The van der Waals surface area contributed by atoms with Crippen molar-refractivity contribution in [3.8, 4) is 0 Å². The number of carbonyl (C=O) groups excluding carboxylic acids is 2. The van der Waals surface area contributed by atoms with E-state index in [2.05, 4.69) is 11.9 Å². The first-order chi connectivity index (χ1) is 12.6. The molecule has 0 aromatic rings. The Labute approximate surface area is 161 Å². The molecule has 0 radical (unpaired) electrons. The number of esters is 1. The van der Waals surface area contributed by atoms with Crippen molar-refractivity contribution < 1.29 is 14.3 Å². The smallest absolute Gasteiger partial charge is 0.308 e. The number of rotatable bonds is 6. The summed E-state index contributed by atoms with van der Waals surface area (Å²) >= 11 is 1.86. The van der Waals surface area contributed by atoms with Crippen LogP contribution in [0.25, 0.3) is 0 Å². The van der Waals surface area contributed by atoms with Crippen LogP contribution in [-0.4, -0.2) is 47.7 Å². The summed E-state index contributed by atoms with van der Waals surface area (Å²) in [6.07, 6.45) is 10.3. The first kappa shape index (κ1) is 19.7. The van der Waals surface area contributed by atoms with Crippen molar-refractivity contribution in [1.29, 1.82) is 0 Å². The van der Waals surface area contributed by atoms with Gasteiger partial charge in [0.25, 0.3) is 0 Å². The number of nitrogens with one attached hydrogen (secondary N) is 1. The Morgan fingerprint density at radius 2 is 2.00 bits per heavy atom. The average molecular weight is 381 g/mol. The molecule has 146 valence electrons. The van der Waals surface area contributed by atoms with Crippen molar-refractivity contribution in [2.75, 3.05) is 19.4 Å². The fourth-order valence-corrected chi connectivity index (χ4v) is 6.08. The van der Waals surface area contributed by atoms with Crippen molar-refractivity contribution in [2.45, 2.75) is 62.9 Å². The molecule has 3 fully saturated rings. The van der Waals surface area contributed by atoms with Gasteiger partial charge in [0.05, 0.1) is 18.9 Å². The molecule has 5 nitrogen and oxygen atoms in total. The van der Waals surface area contributed by atoms with Crippen LogP contribution >= 0.6 is 11.8 Å². The third kappa shape index (κ3) is 4.45. The van der Waals surface area contributed by atoms with Gasteiger partial charge in [0, 0.05) is 12.6 Å². The van der Waals surface area contributed by atoms with E-state index in [1.54, 1.807) is 0 Å². The molecule has 3 aliphatic rings. The maximum absolute atomic E-state index is 12.9. The van der Waals surface area contributed by atoms with Crippen LogP contribution < -0.4 is 5.32 Å². The van der Waals surface area contributed by atoms with Gasteiger partial charge in [0.15, 0.2) is 0 Å². The van der Waals surface area contributed by atoms with Gasteiger partial charge in [-0.25, -0.2) is 0 Å². The molecule has 0 aromatic carbocycles. The monoisotopic (exact) mass is 380 g/mol. The fraction of sp³-hybridized carbons (Fsp3) is 0.800. The van der Waals surface area contributed by atoms with Gasteiger partial charge in [0.2, 0.25) is 5.91 Å². The zero-order chi connectivity index (χ0) is 18.5. The van der Waals surface area contributed by atoms with Gasteiger partial charge in [-0.2, -0.15) is 0 Å². The summed E-state index contributed by atoms with van der Waals surface area (Å²) in [5.41, 5.74) is 0.0539. The molecular formula is C20H32N2O3S. The zero-order valence-electron chi connectivity index (χ0n) is 15.8. The van der Waals surface area contributed by atoms with Crippen LogP contribution in [0.3, 0.4) is 0 Å². The summed E-state index contributed by atoms with van der Waals surface area (Å²) < 4.78 is 4.88. The zero-order valence-corrected chi connectivity index (χ0v) is 16.6. The van der Waals surface area contributed by atoms with E-state index < -0.39 is 0 Å². The molecule has 1 aliphatic heterocycles. The minimum atomic E-state index is -0.0591. The lowest BCUT2D eigenvalue weighted by Gasteiger charge is -2.46. The molecule has 2 aliphatic carbocycles. The van der Waals surface area contributed by atoms with Crippen LogP contribution in [0.2, 0.25) is 0 Å². The largest absolute Gasteiger partial charge is 0.469 e. The minimum absolute atomic E-state index is 0.0539. The molecule has 0 spiro atoms. The maximum atomic E-state index is 12.9. The molecule has 3 atom stereocenters. The van der Waals surface area contributed by atoms with E-state index in [1.165, 1.54) is 13.5 Å². The van der Waals surface area contributed by atoms with Crippen molar-refractivity contribution in [1.82, 2.24) is 10.2 Å². The number of hydrogen-bond acceptors (Lipinski definition) is 5. The predicted octanol–water partition coefficient (Wildman–Crippen LogP) is 3.16. The predicted molar refractivity (Wildman–Crippen MR) is 105 cm³/mol. The minimum Gasteiger partial charge on any atom is -0.469 e. The van der Waals surface area contributed by atoms with Crippen molar-refractivity contribution in [3.05, 3.63) is 12.7 Å². The Kier molecular flexibility index (Phi) is 7.04. The highest BCUT2D eigenvalue weighted by atomic mass is 32.2. The molecule has 6 heteroatoms. The third-order valence-corrected chi connectivity index (χ3v) is 7.57. The number of hydrogen-bond donors (Lipinski definition) is 1. The molecule has 2 saturated carbocycles. The highest BCUT2D eigenvalue weighted by Gasteiger charge is 2.42. The van der Waals surface area contributed by atoms with Gasteiger partial charge in [0.1, 0.15) is 5.50 Å². The second-order valence-corrected chi connectivity index (χ2v) is 8.98. The Hall–Kier alpha value is -1.01. The number of nitrogens with zero attached hydrogens (tertiary/aromatic N) is 1. The summed E-state index contributed by atoms with van der Waals surface area (Å²) in [6.45, 7) is 4.45. The van der Waals surface area contributed by atoms with E-state index in [0.29, 0.717) is 24.4 Å². The van der Waals surface area contributed by atoms with Crippen molar-refractivity contribution >= 4 is 23.6 Å². The topological polar surface area (TPSA) is 58.6 Å². The number of amides is 1. The lowest BCUT2D eigenvalue weighted by atomic mass is 9.82. The van der Waals surface area contributed by atoms with E-state index in [4.69, 9.17) is 4.74 Å². The average Bonchev–Trinajstić information content (AvgIpc) is 2.68. The number of ether oxygens (including phenoxy) is 1. The number of carbonyl (C=O) groups is 2. The first-order valence-electron chi connectivity index (χ1n) is 10.0. The summed E-state index contributed by atoms with van der Waals surface area (Å²) in [6, 6.07) is 0.338. The number of methoxy groups -OCH3 is 1. The summed E-state index contributed by atoms with van der Waals surface area (Å²) in [4.78, 5) is 26.6. The molecule has 3 unspecified atom stereocenters. The van der Waals surface area contributed by atoms with E-state index in [-0.39, 0.29) is 23.3 Å². The SMILES string of the molecule is C=CCN1C(=O)C2CCCCC2NC1SCC1CCC(C(=O)OC)CC1. The number of thioether (sulfide) groups is 1. The maximum Gasteiger partial charge on any atom is 0.308 e. The quantitative estimate of drug-likeness (QED) is 0.567. The fourth-order valence-electron chi connectivity index (χ4n) is 4.65. The Bertz CT molecular complexity index is 519. The van der Waals surface area contributed by atoms with Crippen LogP contribution in [0.4, 0.5) is 0 Å². The van der Waals surface area contributed by atoms with Crippen molar-refractivity contribution in [3.63, 3.8) is 0 Å². The van der Waals surface area contributed by atoms with E-state index >= 15 is 0 Å². The van der Waals surface area contributed by atoms with Crippen LogP contribution in [0.1, 0.15) is 51.4 Å². The highest BCUT2D eigenvalue weighted by molar-refractivity contribution is 7.99. The van der Waals surface area contributed by atoms with E-state index in [9.17, 15) is 9.59 Å². The normalized spacial score (nSPS) is 34.9. The van der Waals surface area contributed by atoms with Crippen LogP contribution in [-0.2, 0) is 14.3 Å². The third-order valence-electron chi connectivity index (χ3n) is 6.20. The molecule has 26 heavy (non-hydrogen) atoms. The van der Waals surface area contributed by atoms with Crippen LogP contribution in [0.5, 0.6) is 0 Å². The van der Waals surface area contributed by atoms with Gasteiger partial charge >= 0.3 is 5.97 Å². The Balaban J connectivity index is 1.53. The standard InChI is InChI=1S/C20H32N2O3S/c1-3-12-22-18(23)16-6-4-5-7-17(16)21-20(22)26-13-14-8-10-15(11-9-14)19(24)25-2/h3,14-17,20-21H,1,4-13H2,2H3. The van der Waals surface area contributed by atoms with Gasteiger partial charge in [-0.15, -0.1) is 18.3 Å². The first-order valence-corrected chi connectivity index (χ1v) is 11.1. The van der Waals surface area contributed by atoms with Gasteiger partial charge in [-0.05, 0) is 50.2 Å². The lowest BCUT2D eigenvalue weighted by Crippen LogP contribution is -2.62. The Morgan fingerprint density at radius 1 is 1.27 bits per heavy atom. The highest BCUT2D eigenvalue weighted by Crippen LogP contribution is 2.36. The summed E-state index contributed by atoms with van der Waals surface area (Å²) in [5.74, 6) is 2.12. The molecule has 1 N–H and O–H groups in total. The van der Waals surface area contributed by atoms with E-state index in [0.717, 1.165) is 50.7 Å². The Morgan fingerprint density at radius 3 is 2.69 bits per heavy atom. The van der Waals surface area contributed by atoms with Crippen molar-refractivity contribution in [2.24, 2.45) is 17.8 Å². The molecule has 1 amide bonds. The van der Waals surface area contributed by atoms with Gasteiger partial charge in [-0.3, -0.25) is 14.9 Å². The second-order valence-electron chi connectivity index (χ2n) is 7.87. The van der Waals surface area contributed by atoms with E-state index in [1.807, 2.05) is 22.7 Å². The summed E-state index contributed by atoms with van der Waals surface area (Å²) in [7, 11) is 1.47. The van der Waals surface area contributed by atoms with Gasteiger partial charge < -0.3 is 9.64 Å². The molecule has 0 aromatic heterocycles. The molecule has 1 heterocycles. The second kappa shape index (κ2) is 9.27. The summed E-state index contributed by atoms with van der Waals surface area (Å²) in [5, 5.41) is 3.74. The van der Waals surface area contributed by atoms with Crippen LogP contribution in [0.15, 0.2) is 12.7 Å². The molecule has 1 saturated heterocycles. The molecule has 3 rings (SSSR count).